The number of nitrogens with two attached hydrogens (primary N) is 1. The van der Waals surface area contributed by atoms with Crippen molar-refractivity contribution >= 4 is 15.9 Å². The Labute approximate surface area is 101 Å². The molecule has 0 unspecified atom stereocenters. The first-order chi connectivity index (χ1) is 7.67. The molecule has 1 aromatic heterocycles. The SMILES string of the molecule is NCc1cnn(Cc2cc(F)cc(Br)c2)c1. The summed E-state index contributed by atoms with van der Waals surface area (Å²) in [6, 6.07) is 4.79. The van der Waals surface area contributed by atoms with Crippen LogP contribution in [0.5, 0.6) is 0 Å². The van der Waals surface area contributed by atoms with Crippen LogP contribution in [0.1, 0.15) is 11.1 Å². The minimum Gasteiger partial charge on any atom is -0.326 e. The monoisotopic (exact) mass is 283 g/mol. The van der Waals surface area contributed by atoms with Gasteiger partial charge in [0.25, 0.3) is 0 Å². The lowest BCUT2D eigenvalue weighted by molar-refractivity contribution is 0.618. The van der Waals surface area contributed by atoms with Gasteiger partial charge < -0.3 is 5.73 Å². The van der Waals surface area contributed by atoms with Gasteiger partial charge in [-0.2, -0.15) is 5.10 Å². The molecule has 3 nitrogen and oxygen atoms in total. The molecule has 84 valence electrons. The van der Waals surface area contributed by atoms with Crippen molar-refractivity contribution in [3.63, 3.8) is 0 Å². The quantitative estimate of drug-likeness (QED) is 0.939. The highest BCUT2D eigenvalue weighted by atomic mass is 79.9. The summed E-state index contributed by atoms with van der Waals surface area (Å²) < 4.78 is 15.6. The summed E-state index contributed by atoms with van der Waals surface area (Å²) in [6.07, 6.45) is 3.58. The van der Waals surface area contributed by atoms with Crippen molar-refractivity contribution < 1.29 is 4.39 Å². The highest BCUT2D eigenvalue weighted by Gasteiger charge is 2.01. The Kier molecular flexibility index (Phi) is 3.36. The fourth-order valence-electron chi connectivity index (χ4n) is 1.49. The number of hydrogen-bond acceptors (Lipinski definition) is 2. The van der Waals surface area contributed by atoms with E-state index in [1.165, 1.54) is 12.1 Å². The molecular formula is C11H11BrFN3. The second-order valence-electron chi connectivity index (χ2n) is 3.53. The Morgan fingerprint density at radius 2 is 2.12 bits per heavy atom. The van der Waals surface area contributed by atoms with E-state index in [1.807, 2.05) is 12.3 Å². The topological polar surface area (TPSA) is 43.8 Å². The molecule has 0 aliphatic heterocycles. The van der Waals surface area contributed by atoms with Crippen LogP contribution in [0.4, 0.5) is 4.39 Å². The normalized spacial score (nSPS) is 10.7. The molecule has 0 fully saturated rings. The van der Waals surface area contributed by atoms with Gasteiger partial charge in [0.1, 0.15) is 5.82 Å². The maximum Gasteiger partial charge on any atom is 0.124 e. The van der Waals surface area contributed by atoms with Crippen LogP contribution in [0.15, 0.2) is 35.1 Å². The Balaban J connectivity index is 2.19. The van der Waals surface area contributed by atoms with E-state index in [1.54, 1.807) is 10.9 Å². The van der Waals surface area contributed by atoms with Gasteiger partial charge in [-0.3, -0.25) is 4.68 Å². The zero-order valence-electron chi connectivity index (χ0n) is 8.53. The predicted octanol–water partition coefficient (Wildman–Crippen LogP) is 2.29. The van der Waals surface area contributed by atoms with E-state index >= 15 is 0 Å². The molecule has 0 amide bonds. The molecule has 0 aliphatic carbocycles. The molecular weight excluding hydrogens is 273 g/mol. The van der Waals surface area contributed by atoms with Gasteiger partial charge in [0.2, 0.25) is 0 Å². The van der Waals surface area contributed by atoms with Crippen molar-refractivity contribution in [2.45, 2.75) is 13.1 Å². The zero-order valence-corrected chi connectivity index (χ0v) is 10.1. The van der Waals surface area contributed by atoms with E-state index in [0.717, 1.165) is 15.6 Å². The fraction of sp³-hybridized carbons (Fsp3) is 0.182. The standard InChI is InChI=1S/C11H11BrFN3/c12-10-1-8(2-11(13)3-10)6-16-7-9(4-14)5-15-16/h1-3,5,7H,4,6,14H2. The van der Waals surface area contributed by atoms with Gasteiger partial charge in [0.15, 0.2) is 0 Å². The first-order valence-corrected chi connectivity index (χ1v) is 5.63. The molecule has 2 N–H and O–H groups in total. The third-order valence-electron chi connectivity index (χ3n) is 2.19. The average molecular weight is 284 g/mol. The summed E-state index contributed by atoms with van der Waals surface area (Å²) in [5, 5.41) is 4.14. The number of hydrogen-bond donors (Lipinski definition) is 1. The number of benzene rings is 1. The van der Waals surface area contributed by atoms with Crippen molar-refractivity contribution in [2.75, 3.05) is 0 Å². The van der Waals surface area contributed by atoms with E-state index in [-0.39, 0.29) is 5.82 Å². The molecule has 2 rings (SSSR count). The first kappa shape index (κ1) is 11.3. The van der Waals surface area contributed by atoms with Crippen LogP contribution >= 0.6 is 15.9 Å². The summed E-state index contributed by atoms with van der Waals surface area (Å²) in [6.45, 7) is 1.00. The van der Waals surface area contributed by atoms with Gasteiger partial charge in [-0.05, 0) is 23.8 Å². The molecule has 2 aromatic rings. The molecule has 5 heteroatoms. The fourth-order valence-corrected chi connectivity index (χ4v) is 2.00. The van der Waals surface area contributed by atoms with Crippen molar-refractivity contribution in [3.8, 4) is 0 Å². The number of aromatic nitrogens is 2. The molecule has 0 radical (unpaired) electrons. The molecule has 1 aromatic carbocycles. The molecule has 0 saturated carbocycles. The third kappa shape index (κ3) is 2.68. The van der Waals surface area contributed by atoms with Crippen LogP contribution < -0.4 is 5.73 Å². The maximum absolute atomic E-state index is 13.1. The molecule has 16 heavy (non-hydrogen) atoms. The summed E-state index contributed by atoms with van der Waals surface area (Å²) in [7, 11) is 0. The van der Waals surface area contributed by atoms with Crippen molar-refractivity contribution in [1.82, 2.24) is 9.78 Å². The van der Waals surface area contributed by atoms with Gasteiger partial charge in [0.05, 0.1) is 12.7 Å². The minimum atomic E-state index is -0.254. The van der Waals surface area contributed by atoms with Crippen molar-refractivity contribution in [3.05, 3.63) is 52.0 Å². The van der Waals surface area contributed by atoms with Gasteiger partial charge in [-0.25, -0.2) is 4.39 Å². The third-order valence-corrected chi connectivity index (χ3v) is 2.65. The molecule has 0 aliphatic rings. The average Bonchev–Trinajstić information content (AvgIpc) is 2.64. The maximum atomic E-state index is 13.1. The van der Waals surface area contributed by atoms with Crippen LogP contribution in [-0.2, 0) is 13.1 Å². The van der Waals surface area contributed by atoms with Crippen LogP contribution in [0.3, 0.4) is 0 Å². The Morgan fingerprint density at radius 1 is 1.31 bits per heavy atom. The van der Waals surface area contributed by atoms with E-state index in [2.05, 4.69) is 21.0 Å². The molecule has 0 bridgehead atoms. The van der Waals surface area contributed by atoms with E-state index in [9.17, 15) is 4.39 Å². The molecule has 0 spiro atoms. The summed E-state index contributed by atoms with van der Waals surface area (Å²) in [5.74, 6) is -0.254. The lowest BCUT2D eigenvalue weighted by Crippen LogP contribution is -2.01. The minimum absolute atomic E-state index is 0.254. The van der Waals surface area contributed by atoms with E-state index in [0.29, 0.717) is 13.1 Å². The Morgan fingerprint density at radius 3 is 2.75 bits per heavy atom. The number of halogens is 2. The molecule has 0 saturated heterocycles. The first-order valence-electron chi connectivity index (χ1n) is 4.84. The largest absolute Gasteiger partial charge is 0.326 e. The van der Waals surface area contributed by atoms with Crippen molar-refractivity contribution in [2.24, 2.45) is 5.73 Å². The highest BCUT2D eigenvalue weighted by molar-refractivity contribution is 9.10. The zero-order chi connectivity index (χ0) is 11.5. The second kappa shape index (κ2) is 4.76. The van der Waals surface area contributed by atoms with Crippen LogP contribution in [0.25, 0.3) is 0 Å². The van der Waals surface area contributed by atoms with Crippen LogP contribution in [-0.4, -0.2) is 9.78 Å². The van der Waals surface area contributed by atoms with E-state index in [4.69, 9.17) is 5.73 Å². The van der Waals surface area contributed by atoms with Gasteiger partial charge in [0, 0.05) is 22.8 Å². The summed E-state index contributed by atoms with van der Waals surface area (Å²) in [5.41, 5.74) is 7.31. The number of rotatable bonds is 3. The van der Waals surface area contributed by atoms with Gasteiger partial charge >= 0.3 is 0 Å². The Bertz CT molecular complexity index is 475. The Hall–Kier alpha value is -1.20. The van der Waals surface area contributed by atoms with Crippen LogP contribution in [0, 0.1) is 5.82 Å². The molecule has 1 heterocycles. The predicted molar refractivity (Wildman–Crippen MR) is 63.3 cm³/mol. The second-order valence-corrected chi connectivity index (χ2v) is 4.44. The molecule has 0 atom stereocenters. The summed E-state index contributed by atoms with van der Waals surface area (Å²) >= 11 is 3.26. The van der Waals surface area contributed by atoms with E-state index < -0.39 is 0 Å². The lowest BCUT2D eigenvalue weighted by atomic mass is 10.2. The summed E-state index contributed by atoms with van der Waals surface area (Å²) in [4.78, 5) is 0. The number of nitrogens with zero attached hydrogens (tertiary/aromatic N) is 2. The van der Waals surface area contributed by atoms with Crippen LogP contribution in [0.2, 0.25) is 0 Å². The van der Waals surface area contributed by atoms with Crippen molar-refractivity contribution in [1.29, 1.82) is 0 Å². The smallest absolute Gasteiger partial charge is 0.124 e. The highest BCUT2D eigenvalue weighted by Crippen LogP contribution is 2.15. The van der Waals surface area contributed by atoms with Gasteiger partial charge in [-0.15, -0.1) is 0 Å². The lowest BCUT2D eigenvalue weighted by Gasteiger charge is -2.03. The van der Waals surface area contributed by atoms with Gasteiger partial charge in [-0.1, -0.05) is 15.9 Å².